The Labute approximate surface area is 121 Å². The molecule has 0 aliphatic carbocycles. The fourth-order valence-corrected chi connectivity index (χ4v) is 2.28. The highest BCUT2D eigenvalue weighted by atomic mass is 16.5. The molecule has 0 aromatic carbocycles. The third-order valence-corrected chi connectivity index (χ3v) is 3.28. The van der Waals surface area contributed by atoms with Crippen LogP contribution in [0.1, 0.15) is 47.0 Å². The minimum absolute atomic E-state index is 0.0233. The molecule has 1 saturated heterocycles. The van der Waals surface area contributed by atoms with Crippen molar-refractivity contribution in [1.82, 2.24) is 4.90 Å². The van der Waals surface area contributed by atoms with Crippen LogP contribution in [0.15, 0.2) is 0 Å². The van der Waals surface area contributed by atoms with E-state index in [4.69, 9.17) is 9.47 Å². The van der Waals surface area contributed by atoms with Crippen LogP contribution in [0.4, 0.5) is 0 Å². The maximum Gasteiger partial charge on any atom is 0.249 e. The molecule has 0 radical (unpaired) electrons. The number of carbonyl (C=O) groups excluding carboxylic acids is 2. The number of nitrogens with zero attached hydrogens (tertiary/aromatic N) is 1. The number of ketones is 1. The molecule has 0 aromatic heterocycles. The van der Waals surface area contributed by atoms with E-state index in [0.29, 0.717) is 19.6 Å². The van der Waals surface area contributed by atoms with Crippen LogP contribution >= 0.6 is 0 Å². The van der Waals surface area contributed by atoms with Crippen molar-refractivity contribution in [3.8, 4) is 0 Å². The van der Waals surface area contributed by atoms with Gasteiger partial charge in [-0.3, -0.25) is 9.59 Å². The van der Waals surface area contributed by atoms with Gasteiger partial charge in [0.2, 0.25) is 5.91 Å². The van der Waals surface area contributed by atoms with E-state index in [1.807, 2.05) is 27.7 Å². The van der Waals surface area contributed by atoms with Crippen molar-refractivity contribution in [3.05, 3.63) is 0 Å². The van der Waals surface area contributed by atoms with Crippen molar-refractivity contribution < 1.29 is 19.1 Å². The van der Waals surface area contributed by atoms with Crippen LogP contribution in [-0.2, 0) is 19.1 Å². The van der Waals surface area contributed by atoms with Crippen LogP contribution in [0.25, 0.3) is 0 Å². The second-order valence-corrected chi connectivity index (χ2v) is 5.74. The molecule has 5 nitrogen and oxygen atoms in total. The van der Waals surface area contributed by atoms with Gasteiger partial charge in [-0.15, -0.1) is 0 Å². The molecule has 1 aliphatic rings. The van der Waals surface area contributed by atoms with Gasteiger partial charge < -0.3 is 14.4 Å². The quantitative estimate of drug-likeness (QED) is 0.682. The molecule has 0 aromatic rings. The van der Waals surface area contributed by atoms with Gasteiger partial charge in [0, 0.05) is 13.0 Å². The van der Waals surface area contributed by atoms with E-state index in [-0.39, 0.29) is 36.5 Å². The fraction of sp³-hybridized carbons (Fsp3) is 0.867. The number of amides is 1. The van der Waals surface area contributed by atoms with Crippen LogP contribution in [0.3, 0.4) is 0 Å². The average Bonchev–Trinajstić information content (AvgIpc) is 2.84. The normalized spacial score (nSPS) is 19.1. The SMILES string of the molecule is CC(C)OCCC(=O)C1CCCN1C(=O)COC(C)C. The van der Waals surface area contributed by atoms with Gasteiger partial charge in [-0.05, 0) is 40.5 Å². The summed E-state index contributed by atoms with van der Waals surface area (Å²) in [6.45, 7) is 8.81. The van der Waals surface area contributed by atoms with Gasteiger partial charge >= 0.3 is 0 Å². The number of likely N-dealkylation sites (tertiary alicyclic amines) is 1. The summed E-state index contributed by atoms with van der Waals surface area (Å²) in [6.07, 6.45) is 2.17. The second-order valence-electron chi connectivity index (χ2n) is 5.74. The summed E-state index contributed by atoms with van der Waals surface area (Å²) in [4.78, 5) is 25.9. The van der Waals surface area contributed by atoms with Gasteiger partial charge in [0.05, 0.1) is 24.9 Å². The molecule has 1 fully saturated rings. The highest BCUT2D eigenvalue weighted by Gasteiger charge is 2.33. The number of rotatable bonds is 8. The van der Waals surface area contributed by atoms with Crippen molar-refractivity contribution in [2.75, 3.05) is 19.8 Å². The molecule has 0 spiro atoms. The molecule has 0 bridgehead atoms. The molecule has 0 saturated carbocycles. The first-order chi connectivity index (χ1) is 9.41. The third kappa shape index (κ3) is 5.59. The number of hydrogen-bond donors (Lipinski definition) is 0. The minimum atomic E-state index is -0.283. The number of hydrogen-bond acceptors (Lipinski definition) is 4. The predicted molar refractivity (Wildman–Crippen MR) is 76.5 cm³/mol. The van der Waals surface area contributed by atoms with Gasteiger partial charge in [-0.2, -0.15) is 0 Å². The molecule has 5 heteroatoms. The molecule has 1 unspecified atom stereocenters. The lowest BCUT2D eigenvalue weighted by Gasteiger charge is -2.24. The van der Waals surface area contributed by atoms with E-state index >= 15 is 0 Å². The number of Topliss-reactive ketones (excluding diaryl/α,β-unsaturated/α-hetero) is 1. The van der Waals surface area contributed by atoms with Crippen LogP contribution in [0, 0.1) is 0 Å². The Balaban J connectivity index is 2.43. The second kappa shape index (κ2) is 8.37. The molecular formula is C15H27NO4. The van der Waals surface area contributed by atoms with Gasteiger partial charge in [-0.25, -0.2) is 0 Å². The zero-order chi connectivity index (χ0) is 15.1. The Morgan fingerprint density at radius 1 is 1.15 bits per heavy atom. The monoisotopic (exact) mass is 285 g/mol. The van der Waals surface area contributed by atoms with Gasteiger partial charge in [0.1, 0.15) is 6.61 Å². The lowest BCUT2D eigenvalue weighted by atomic mass is 10.1. The van der Waals surface area contributed by atoms with Crippen LogP contribution < -0.4 is 0 Å². The van der Waals surface area contributed by atoms with E-state index < -0.39 is 0 Å². The fourth-order valence-electron chi connectivity index (χ4n) is 2.28. The topological polar surface area (TPSA) is 55.8 Å². The van der Waals surface area contributed by atoms with E-state index in [1.165, 1.54) is 0 Å². The highest BCUT2D eigenvalue weighted by Crippen LogP contribution is 2.19. The summed E-state index contributed by atoms with van der Waals surface area (Å²) in [5.74, 6) is 0.0142. The van der Waals surface area contributed by atoms with Crippen molar-refractivity contribution in [2.45, 2.75) is 65.2 Å². The summed E-state index contributed by atoms with van der Waals surface area (Å²) in [5, 5.41) is 0. The van der Waals surface area contributed by atoms with Gasteiger partial charge in [-0.1, -0.05) is 0 Å². The Kier molecular flexibility index (Phi) is 7.16. The number of ether oxygens (including phenoxy) is 2. The maximum absolute atomic E-state index is 12.2. The lowest BCUT2D eigenvalue weighted by molar-refractivity contribution is -0.142. The van der Waals surface area contributed by atoms with Crippen molar-refractivity contribution >= 4 is 11.7 Å². The smallest absolute Gasteiger partial charge is 0.249 e. The summed E-state index contributed by atoms with van der Waals surface area (Å²) >= 11 is 0. The van der Waals surface area contributed by atoms with E-state index in [0.717, 1.165) is 12.8 Å². The van der Waals surface area contributed by atoms with Crippen LogP contribution in [0.5, 0.6) is 0 Å². The molecule has 20 heavy (non-hydrogen) atoms. The summed E-state index contributed by atoms with van der Waals surface area (Å²) < 4.78 is 10.7. The van der Waals surface area contributed by atoms with E-state index in [2.05, 4.69) is 0 Å². The zero-order valence-corrected chi connectivity index (χ0v) is 13.1. The molecule has 1 heterocycles. The molecule has 1 aliphatic heterocycles. The first-order valence-electron chi connectivity index (χ1n) is 7.47. The molecule has 1 amide bonds. The Morgan fingerprint density at radius 3 is 2.40 bits per heavy atom. The molecule has 0 N–H and O–H groups in total. The van der Waals surface area contributed by atoms with Gasteiger partial charge in [0.15, 0.2) is 5.78 Å². The molecular weight excluding hydrogens is 258 g/mol. The predicted octanol–water partition coefficient (Wildman–Crippen LogP) is 1.79. The summed E-state index contributed by atoms with van der Waals surface area (Å²) in [6, 6.07) is -0.283. The maximum atomic E-state index is 12.2. The number of carbonyl (C=O) groups is 2. The first kappa shape index (κ1) is 17.1. The average molecular weight is 285 g/mol. The largest absolute Gasteiger partial charge is 0.378 e. The van der Waals surface area contributed by atoms with Gasteiger partial charge in [0.25, 0.3) is 0 Å². The molecule has 116 valence electrons. The Bertz CT molecular complexity index is 328. The van der Waals surface area contributed by atoms with Crippen molar-refractivity contribution in [2.24, 2.45) is 0 Å². The van der Waals surface area contributed by atoms with Crippen LogP contribution in [-0.4, -0.2) is 54.6 Å². The van der Waals surface area contributed by atoms with Crippen molar-refractivity contribution in [3.63, 3.8) is 0 Å². The summed E-state index contributed by atoms with van der Waals surface area (Å²) in [5.41, 5.74) is 0. The van der Waals surface area contributed by atoms with E-state index in [9.17, 15) is 9.59 Å². The standard InChI is InChI=1S/C15H27NO4/c1-11(2)19-9-7-14(17)13-6-5-8-16(13)15(18)10-20-12(3)4/h11-13H,5-10H2,1-4H3. The first-order valence-corrected chi connectivity index (χ1v) is 7.47. The summed E-state index contributed by atoms with van der Waals surface area (Å²) in [7, 11) is 0. The molecule has 1 atom stereocenters. The third-order valence-electron chi connectivity index (χ3n) is 3.28. The zero-order valence-electron chi connectivity index (χ0n) is 13.1. The Morgan fingerprint density at radius 2 is 1.80 bits per heavy atom. The van der Waals surface area contributed by atoms with E-state index in [1.54, 1.807) is 4.90 Å². The van der Waals surface area contributed by atoms with Crippen molar-refractivity contribution in [1.29, 1.82) is 0 Å². The molecule has 1 rings (SSSR count). The highest BCUT2D eigenvalue weighted by molar-refractivity contribution is 5.90. The lowest BCUT2D eigenvalue weighted by Crippen LogP contribution is -2.42. The Hall–Kier alpha value is -0.940. The van der Waals surface area contributed by atoms with Crippen LogP contribution in [0.2, 0.25) is 0 Å². The minimum Gasteiger partial charge on any atom is -0.378 e.